The second kappa shape index (κ2) is 6.01. The van der Waals surface area contributed by atoms with Gasteiger partial charge in [-0.25, -0.2) is 0 Å². The second-order valence-electron chi connectivity index (χ2n) is 3.32. The average Bonchev–Trinajstić information content (AvgIpc) is 1.99. The largest absolute Gasteiger partial charge is 0.481 e. The van der Waals surface area contributed by atoms with E-state index in [-0.39, 0.29) is 25.7 Å². The molecule has 0 aromatic rings. The summed E-state index contributed by atoms with van der Waals surface area (Å²) in [6.45, 7) is 0. The molecule has 7 nitrogen and oxygen atoms in total. The Morgan fingerprint density at radius 2 is 1.87 bits per heavy atom. The van der Waals surface area contributed by atoms with Crippen LogP contribution in [0.3, 0.4) is 0 Å². The smallest absolute Gasteiger partial charge is 0.303 e. The van der Waals surface area contributed by atoms with E-state index in [1.165, 1.54) is 0 Å². The predicted molar refractivity (Wildman–Crippen MR) is 53.6 cm³/mol. The van der Waals surface area contributed by atoms with E-state index in [1.807, 2.05) is 0 Å². The highest BCUT2D eigenvalue weighted by Crippen LogP contribution is 2.13. The monoisotopic (exact) mass is 240 g/mol. The van der Waals surface area contributed by atoms with Crippen LogP contribution in [-0.2, 0) is 14.9 Å². The maximum atomic E-state index is 10.8. The molecule has 0 saturated carbocycles. The Labute approximate surface area is 88.2 Å². The SMILES string of the molecule is NC(N)CC(CCCC(=O)O)S(=O)(=O)O. The molecule has 0 aliphatic carbocycles. The molecule has 0 heterocycles. The van der Waals surface area contributed by atoms with Gasteiger partial charge in [-0.1, -0.05) is 0 Å². The quantitative estimate of drug-likeness (QED) is 0.334. The summed E-state index contributed by atoms with van der Waals surface area (Å²) in [7, 11) is -4.21. The summed E-state index contributed by atoms with van der Waals surface area (Å²) in [4.78, 5) is 10.2. The maximum absolute atomic E-state index is 10.8. The highest BCUT2D eigenvalue weighted by atomic mass is 32.2. The molecule has 0 rings (SSSR count). The van der Waals surface area contributed by atoms with Gasteiger partial charge in [-0.05, 0) is 19.3 Å². The summed E-state index contributed by atoms with van der Waals surface area (Å²) in [5, 5.41) is 7.26. The summed E-state index contributed by atoms with van der Waals surface area (Å²) in [5.41, 5.74) is 10.4. The van der Waals surface area contributed by atoms with E-state index in [1.54, 1.807) is 0 Å². The van der Waals surface area contributed by atoms with Crippen molar-refractivity contribution >= 4 is 16.1 Å². The Morgan fingerprint density at radius 3 is 2.20 bits per heavy atom. The topological polar surface area (TPSA) is 144 Å². The molecule has 1 unspecified atom stereocenters. The van der Waals surface area contributed by atoms with E-state index >= 15 is 0 Å². The zero-order valence-electron chi connectivity index (χ0n) is 8.17. The van der Waals surface area contributed by atoms with E-state index < -0.39 is 27.5 Å². The van der Waals surface area contributed by atoms with Crippen molar-refractivity contribution < 1.29 is 22.9 Å². The van der Waals surface area contributed by atoms with E-state index in [0.29, 0.717) is 0 Å². The Bertz CT molecular complexity index is 301. The fourth-order valence-corrected chi connectivity index (χ4v) is 2.10. The first-order chi connectivity index (χ1) is 6.73. The highest BCUT2D eigenvalue weighted by Gasteiger charge is 2.24. The van der Waals surface area contributed by atoms with Crippen LogP contribution in [0.2, 0.25) is 0 Å². The first-order valence-electron chi connectivity index (χ1n) is 4.42. The second-order valence-corrected chi connectivity index (χ2v) is 5.02. The molecule has 8 heteroatoms. The number of carboxylic acids is 1. The Kier molecular flexibility index (Phi) is 5.73. The van der Waals surface area contributed by atoms with E-state index in [4.69, 9.17) is 21.1 Å². The molecule has 15 heavy (non-hydrogen) atoms. The van der Waals surface area contributed by atoms with Gasteiger partial charge in [0.15, 0.2) is 0 Å². The molecule has 0 radical (unpaired) electrons. The van der Waals surface area contributed by atoms with Crippen LogP contribution >= 0.6 is 0 Å². The Hall–Kier alpha value is -0.700. The van der Waals surface area contributed by atoms with Crippen LogP contribution < -0.4 is 11.5 Å². The van der Waals surface area contributed by atoms with Gasteiger partial charge in [0.2, 0.25) is 0 Å². The molecule has 0 aliphatic heterocycles. The summed E-state index contributed by atoms with van der Waals surface area (Å²) >= 11 is 0. The number of nitrogens with two attached hydrogens (primary N) is 2. The maximum Gasteiger partial charge on any atom is 0.303 e. The molecule has 0 aromatic carbocycles. The number of aliphatic carboxylic acids is 1. The number of hydrogen-bond acceptors (Lipinski definition) is 5. The van der Waals surface area contributed by atoms with Gasteiger partial charge in [0.05, 0.1) is 11.4 Å². The molecule has 1 atom stereocenters. The first kappa shape index (κ1) is 14.3. The molecule has 0 aromatic heterocycles. The lowest BCUT2D eigenvalue weighted by molar-refractivity contribution is -0.137. The van der Waals surface area contributed by atoms with E-state index in [9.17, 15) is 13.2 Å². The molecule has 0 aliphatic rings. The zero-order chi connectivity index (χ0) is 12.1. The normalized spacial score (nSPS) is 14.1. The lowest BCUT2D eigenvalue weighted by Crippen LogP contribution is -2.37. The number of carbonyl (C=O) groups is 1. The van der Waals surface area contributed by atoms with Gasteiger partial charge >= 0.3 is 5.97 Å². The van der Waals surface area contributed by atoms with Crippen LogP contribution in [0.5, 0.6) is 0 Å². The molecule has 0 saturated heterocycles. The minimum absolute atomic E-state index is 0.0377. The van der Waals surface area contributed by atoms with Gasteiger partial charge in [0.25, 0.3) is 10.1 Å². The lowest BCUT2D eigenvalue weighted by Gasteiger charge is -2.15. The molecule has 0 bridgehead atoms. The molecule has 0 spiro atoms. The van der Waals surface area contributed by atoms with Gasteiger partial charge in [0.1, 0.15) is 0 Å². The van der Waals surface area contributed by atoms with Gasteiger partial charge in [-0.2, -0.15) is 8.42 Å². The van der Waals surface area contributed by atoms with Crippen LogP contribution in [0.1, 0.15) is 25.7 Å². The molecule has 0 fully saturated rings. The summed E-state index contributed by atoms with van der Waals surface area (Å²) in [5.74, 6) is -1.01. The van der Waals surface area contributed by atoms with Crippen molar-refractivity contribution in [1.29, 1.82) is 0 Å². The van der Waals surface area contributed by atoms with Gasteiger partial charge < -0.3 is 16.6 Å². The lowest BCUT2D eigenvalue weighted by atomic mass is 10.1. The van der Waals surface area contributed by atoms with Crippen molar-refractivity contribution in [2.24, 2.45) is 11.5 Å². The van der Waals surface area contributed by atoms with Crippen molar-refractivity contribution in [3.63, 3.8) is 0 Å². The molecule has 6 N–H and O–H groups in total. The third-order valence-corrected chi connectivity index (χ3v) is 3.14. The number of carboxylic acid groups (broad SMARTS) is 1. The molecule has 90 valence electrons. The van der Waals surface area contributed by atoms with Gasteiger partial charge in [0, 0.05) is 6.42 Å². The number of rotatable bonds is 7. The van der Waals surface area contributed by atoms with Crippen molar-refractivity contribution in [2.45, 2.75) is 37.1 Å². The third-order valence-electron chi connectivity index (χ3n) is 1.87. The average molecular weight is 240 g/mol. The minimum atomic E-state index is -4.21. The van der Waals surface area contributed by atoms with Crippen molar-refractivity contribution in [3.8, 4) is 0 Å². The van der Waals surface area contributed by atoms with Crippen LogP contribution in [0.15, 0.2) is 0 Å². The van der Waals surface area contributed by atoms with Crippen LogP contribution in [-0.4, -0.2) is 35.5 Å². The fraction of sp³-hybridized carbons (Fsp3) is 0.857. The Balaban J connectivity index is 4.21. The Morgan fingerprint density at radius 1 is 1.33 bits per heavy atom. The fourth-order valence-electron chi connectivity index (χ4n) is 1.17. The molecular formula is C7H16N2O5S. The van der Waals surface area contributed by atoms with Crippen molar-refractivity contribution in [3.05, 3.63) is 0 Å². The minimum Gasteiger partial charge on any atom is -0.481 e. The summed E-state index contributed by atoms with van der Waals surface area (Å²) in [6.07, 6.45) is -0.880. The number of hydrogen-bond donors (Lipinski definition) is 4. The van der Waals surface area contributed by atoms with E-state index in [0.717, 1.165) is 0 Å². The van der Waals surface area contributed by atoms with Crippen LogP contribution in [0, 0.1) is 0 Å². The molecule has 0 amide bonds. The van der Waals surface area contributed by atoms with Crippen molar-refractivity contribution in [1.82, 2.24) is 0 Å². The summed E-state index contributed by atoms with van der Waals surface area (Å²) < 4.78 is 30.5. The van der Waals surface area contributed by atoms with Gasteiger partial charge in [-0.3, -0.25) is 9.35 Å². The van der Waals surface area contributed by atoms with Crippen LogP contribution in [0.25, 0.3) is 0 Å². The van der Waals surface area contributed by atoms with Crippen LogP contribution in [0.4, 0.5) is 0 Å². The third kappa shape index (κ3) is 7.25. The van der Waals surface area contributed by atoms with Crippen molar-refractivity contribution in [2.75, 3.05) is 0 Å². The van der Waals surface area contributed by atoms with Gasteiger partial charge in [-0.15, -0.1) is 0 Å². The highest BCUT2D eigenvalue weighted by molar-refractivity contribution is 7.86. The summed E-state index contributed by atoms with van der Waals surface area (Å²) in [6, 6.07) is 0. The standard InChI is InChI=1S/C7H16N2O5S/c8-6(9)4-5(15(12,13)14)2-1-3-7(10)11/h5-6H,1-4,8-9H2,(H,10,11)(H,12,13,14). The zero-order valence-corrected chi connectivity index (χ0v) is 8.98. The molecular weight excluding hydrogens is 224 g/mol. The van der Waals surface area contributed by atoms with E-state index in [2.05, 4.69) is 0 Å². The predicted octanol–water partition coefficient (Wildman–Crippen LogP) is -0.869. The first-order valence-corrected chi connectivity index (χ1v) is 5.93.